The van der Waals surface area contributed by atoms with Crippen molar-refractivity contribution in [3.8, 4) is 23.3 Å². The number of benzene rings is 2. The highest BCUT2D eigenvalue weighted by Crippen LogP contribution is 2.60. The molecule has 4 aliphatic carbocycles. The van der Waals surface area contributed by atoms with Gasteiger partial charge in [0.25, 0.3) is 0 Å². The number of carbonyl (C=O) groups is 1. The summed E-state index contributed by atoms with van der Waals surface area (Å²) in [4.78, 5) is 13.2. The maximum atomic E-state index is 13.2. The summed E-state index contributed by atoms with van der Waals surface area (Å²) in [6, 6.07) is 15.0. The van der Waals surface area contributed by atoms with E-state index < -0.39 is 0 Å². The lowest BCUT2D eigenvalue weighted by Crippen LogP contribution is -2.51. The lowest BCUT2D eigenvalue weighted by molar-refractivity contribution is -0.161. The van der Waals surface area contributed by atoms with Crippen molar-refractivity contribution in [3.05, 3.63) is 53.6 Å². The van der Waals surface area contributed by atoms with E-state index in [2.05, 4.69) is 6.07 Å². The second kappa shape index (κ2) is 8.59. The van der Waals surface area contributed by atoms with Crippen molar-refractivity contribution in [2.45, 2.75) is 38.5 Å². The molecule has 2 aromatic carbocycles. The smallest absolute Gasteiger partial charge is 0.317 e. The third kappa shape index (κ3) is 4.11. The van der Waals surface area contributed by atoms with Gasteiger partial charge in [0, 0.05) is 0 Å². The van der Waals surface area contributed by atoms with Crippen LogP contribution in [0.4, 0.5) is 0 Å². The van der Waals surface area contributed by atoms with Crippen molar-refractivity contribution in [1.29, 1.82) is 5.26 Å². The van der Waals surface area contributed by atoms with Crippen LogP contribution < -0.4 is 14.2 Å². The molecular formula is C28H29NO4. The molecule has 33 heavy (non-hydrogen) atoms. The van der Waals surface area contributed by atoms with E-state index in [1.807, 2.05) is 36.4 Å². The van der Waals surface area contributed by atoms with Crippen molar-refractivity contribution < 1.29 is 19.0 Å². The first-order chi connectivity index (χ1) is 16.0. The van der Waals surface area contributed by atoms with Crippen LogP contribution in [0.5, 0.6) is 17.2 Å². The molecule has 0 N–H and O–H groups in total. The maximum absolute atomic E-state index is 13.2. The number of ether oxygens (including phenoxy) is 3. The average molecular weight is 444 g/mol. The van der Waals surface area contributed by atoms with Gasteiger partial charge in [0.05, 0.1) is 31.3 Å². The SMILES string of the molecule is COc1ccc(/C(C#N)=C\c2ccc(OC(=O)C34CC5CC(CC(C5)C3)C4)cc2)cc1OC. The van der Waals surface area contributed by atoms with Crippen LogP contribution in [0.1, 0.15) is 49.7 Å². The Hall–Kier alpha value is -3.26. The standard InChI is InChI=1S/C28H29NO4/c1-31-25-8-5-22(13-26(25)32-2)23(17-29)12-18-3-6-24(7-4-18)33-27(30)28-14-19-9-20(15-28)11-21(10-19)16-28/h3-8,12-13,19-21H,9-11,14-16H2,1-2H3/b23-12-. The number of hydrogen-bond donors (Lipinski definition) is 0. The zero-order valence-corrected chi connectivity index (χ0v) is 19.2. The summed E-state index contributed by atoms with van der Waals surface area (Å²) >= 11 is 0. The molecule has 170 valence electrons. The second-order valence-corrected chi connectivity index (χ2v) is 9.90. The van der Waals surface area contributed by atoms with Gasteiger partial charge in [-0.25, -0.2) is 0 Å². The van der Waals surface area contributed by atoms with Crippen LogP contribution in [-0.4, -0.2) is 20.2 Å². The van der Waals surface area contributed by atoms with Crippen LogP contribution in [-0.2, 0) is 4.79 Å². The predicted octanol–water partition coefficient (Wildman–Crippen LogP) is 5.89. The molecule has 0 aliphatic heterocycles. The fourth-order valence-electron chi connectivity index (χ4n) is 6.56. The molecule has 4 fully saturated rings. The number of esters is 1. The summed E-state index contributed by atoms with van der Waals surface area (Å²) in [5.74, 6) is 3.82. The highest BCUT2D eigenvalue weighted by Gasteiger charge is 2.55. The number of nitriles is 1. The maximum Gasteiger partial charge on any atom is 0.317 e. The predicted molar refractivity (Wildman–Crippen MR) is 126 cm³/mol. The molecule has 4 bridgehead atoms. The Bertz CT molecular complexity index is 1090. The fraction of sp³-hybridized carbons (Fsp3) is 0.429. The number of nitrogens with zero attached hydrogens (tertiary/aromatic N) is 1. The first-order valence-corrected chi connectivity index (χ1v) is 11.7. The van der Waals surface area contributed by atoms with Crippen molar-refractivity contribution in [1.82, 2.24) is 0 Å². The first-order valence-electron chi connectivity index (χ1n) is 11.7. The fourth-order valence-corrected chi connectivity index (χ4v) is 6.56. The number of allylic oxidation sites excluding steroid dienone is 1. The van der Waals surface area contributed by atoms with Gasteiger partial charge in [-0.15, -0.1) is 0 Å². The monoisotopic (exact) mass is 443 g/mol. The summed E-state index contributed by atoms with van der Waals surface area (Å²) in [6.45, 7) is 0. The minimum Gasteiger partial charge on any atom is -0.493 e. The van der Waals surface area contributed by atoms with Gasteiger partial charge in [0.2, 0.25) is 0 Å². The summed E-state index contributed by atoms with van der Waals surface area (Å²) in [5, 5.41) is 9.70. The number of carbonyl (C=O) groups excluding carboxylic acids is 1. The van der Waals surface area contributed by atoms with Crippen LogP contribution in [0, 0.1) is 34.5 Å². The Balaban J connectivity index is 1.31. The molecule has 0 radical (unpaired) electrons. The van der Waals surface area contributed by atoms with Gasteiger partial charge >= 0.3 is 5.97 Å². The van der Waals surface area contributed by atoms with Gasteiger partial charge in [-0.05, 0) is 104 Å². The molecule has 0 saturated heterocycles. The molecule has 0 spiro atoms. The van der Waals surface area contributed by atoms with E-state index in [1.165, 1.54) is 19.3 Å². The van der Waals surface area contributed by atoms with Gasteiger partial charge in [0.1, 0.15) is 5.75 Å². The van der Waals surface area contributed by atoms with Crippen LogP contribution in [0.2, 0.25) is 0 Å². The minimum absolute atomic E-state index is 0.0482. The highest BCUT2D eigenvalue weighted by atomic mass is 16.5. The lowest BCUT2D eigenvalue weighted by Gasteiger charge is -2.55. The molecule has 2 aromatic rings. The second-order valence-electron chi connectivity index (χ2n) is 9.90. The number of hydrogen-bond acceptors (Lipinski definition) is 5. The Labute approximate surface area is 195 Å². The Morgan fingerprint density at radius 3 is 2.09 bits per heavy atom. The van der Waals surface area contributed by atoms with E-state index in [4.69, 9.17) is 14.2 Å². The largest absolute Gasteiger partial charge is 0.493 e. The quantitative estimate of drug-likeness (QED) is 0.241. The van der Waals surface area contributed by atoms with E-state index in [-0.39, 0.29) is 11.4 Å². The van der Waals surface area contributed by atoms with E-state index in [0.717, 1.165) is 30.4 Å². The summed E-state index contributed by atoms with van der Waals surface area (Å²) < 4.78 is 16.5. The van der Waals surface area contributed by atoms with E-state index in [0.29, 0.717) is 40.6 Å². The molecule has 5 heteroatoms. The zero-order valence-electron chi connectivity index (χ0n) is 19.2. The number of rotatable bonds is 6. The van der Waals surface area contributed by atoms with Gasteiger partial charge < -0.3 is 14.2 Å². The molecule has 4 aliphatic rings. The molecular weight excluding hydrogens is 414 g/mol. The summed E-state index contributed by atoms with van der Waals surface area (Å²) in [5.41, 5.74) is 1.84. The zero-order chi connectivity index (χ0) is 23.0. The van der Waals surface area contributed by atoms with Crippen molar-refractivity contribution in [2.75, 3.05) is 14.2 Å². The van der Waals surface area contributed by atoms with Crippen LogP contribution in [0.3, 0.4) is 0 Å². The molecule has 5 nitrogen and oxygen atoms in total. The third-order valence-corrected chi connectivity index (χ3v) is 7.69. The molecule has 0 heterocycles. The molecule has 6 rings (SSSR count). The molecule has 0 atom stereocenters. The topological polar surface area (TPSA) is 68.5 Å². The van der Waals surface area contributed by atoms with Crippen LogP contribution >= 0.6 is 0 Å². The van der Waals surface area contributed by atoms with E-state index in [9.17, 15) is 10.1 Å². The summed E-state index contributed by atoms with van der Waals surface area (Å²) in [6.07, 6.45) is 8.70. The molecule has 4 saturated carbocycles. The van der Waals surface area contributed by atoms with Gasteiger partial charge in [-0.2, -0.15) is 5.26 Å². The first kappa shape index (κ1) is 21.6. The third-order valence-electron chi connectivity index (χ3n) is 7.69. The highest BCUT2D eigenvalue weighted by molar-refractivity contribution is 5.90. The summed E-state index contributed by atoms with van der Waals surface area (Å²) in [7, 11) is 3.15. The van der Waals surface area contributed by atoms with Gasteiger partial charge in [0.15, 0.2) is 11.5 Å². The Morgan fingerprint density at radius 1 is 0.939 bits per heavy atom. The molecule has 0 unspecified atom stereocenters. The average Bonchev–Trinajstić information content (AvgIpc) is 2.82. The molecule has 0 aromatic heterocycles. The lowest BCUT2D eigenvalue weighted by atomic mass is 9.49. The van der Waals surface area contributed by atoms with Crippen molar-refractivity contribution in [2.24, 2.45) is 23.2 Å². The Kier molecular flexibility index (Phi) is 5.62. The van der Waals surface area contributed by atoms with Gasteiger partial charge in [-0.1, -0.05) is 12.1 Å². The number of methoxy groups -OCH3 is 2. The van der Waals surface area contributed by atoms with E-state index >= 15 is 0 Å². The van der Waals surface area contributed by atoms with Crippen molar-refractivity contribution >= 4 is 17.6 Å². The van der Waals surface area contributed by atoms with Crippen LogP contribution in [0.25, 0.3) is 11.6 Å². The van der Waals surface area contributed by atoms with Crippen molar-refractivity contribution in [3.63, 3.8) is 0 Å². The normalized spacial score (nSPS) is 27.7. The van der Waals surface area contributed by atoms with Gasteiger partial charge in [-0.3, -0.25) is 4.79 Å². The Morgan fingerprint density at radius 2 is 1.55 bits per heavy atom. The minimum atomic E-state index is -0.269. The van der Waals surface area contributed by atoms with E-state index in [1.54, 1.807) is 26.4 Å². The van der Waals surface area contributed by atoms with Crippen LogP contribution in [0.15, 0.2) is 42.5 Å². The molecule has 0 amide bonds.